The molecule has 0 aromatic carbocycles. The number of hydrogen-bond donors (Lipinski definition) is 1. The first-order valence-corrected chi connectivity index (χ1v) is 4.41. The van der Waals surface area contributed by atoms with Gasteiger partial charge in [0.2, 0.25) is 0 Å². The minimum atomic E-state index is 0.677. The maximum atomic E-state index is 5.12. The molecule has 0 radical (unpaired) electrons. The second kappa shape index (κ2) is 4.44. The minimum Gasteiger partial charge on any atom is -0.448 e. The van der Waals surface area contributed by atoms with Crippen LogP contribution in [0.5, 0.6) is 0 Å². The number of nitrogens with zero attached hydrogens (tertiary/aromatic N) is 1. The molecule has 0 bridgehead atoms. The minimum absolute atomic E-state index is 0.677. The molecule has 62 valence electrons. The Morgan fingerprint density at radius 1 is 1.55 bits per heavy atom. The summed E-state index contributed by atoms with van der Waals surface area (Å²) in [5.74, 6) is 0.809. The lowest BCUT2D eigenvalue weighted by molar-refractivity contribution is 0.481. The number of thiol groups is 1. The Hall–Kier alpha value is -0.440. The van der Waals surface area contributed by atoms with Crippen molar-refractivity contribution in [3.8, 4) is 0 Å². The zero-order chi connectivity index (χ0) is 8.10. The van der Waals surface area contributed by atoms with Crippen LogP contribution in [0.25, 0.3) is 0 Å². The summed E-state index contributed by atoms with van der Waals surface area (Å²) in [6.45, 7) is 2.18. The average molecular weight is 171 g/mol. The van der Waals surface area contributed by atoms with Gasteiger partial charge in [-0.3, -0.25) is 0 Å². The second-order valence-electron chi connectivity index (χ2n) is 2.56. The third kappa shape index (κ3) is 2.97. The number of unbranched alkanes of at least 4 members (excludes halogenated alkanes) is 2. The van der Waals surface area contributed by atoms with Crippen LogP contribution in [0.1, 0.15) is 32.1 Å². The van der Waals surface area contributed by atoms with Crippen LogP contribution < -0.4 is 0 Å². The Morgan fingerprint density at radius 3 is 2.91 bits per heavy atom. The predicted octanol–water partition coefficient (Wildman–Crippen LogP) is 2.70. The molecule has 0 saturated carbocycles. The Balaban J connectivity index is 2.27. The van der Waals surface area contributed by atoms with Gasteiger partial charge in [-0.25, -0.2) is 4.98 Å². The molecule has 0 spiro atoms. The standard InChI is InChI=1S/C8H13NOS/c1-2-3-4-5-7-9-8(11)6-10-7/h6,11H,2-5H2,1H3. The highest BCUT2D eigenvalue weighted by atomic mass is 32.1. The van der Waals surface area contributed by atoms with Crippen LogP contribution in [0, 0.1) is 0 Å². The van der Waals surface area contributed by atoms with Crippen molar-refractivity contribution < 1.29 is 4.42 Å². The zero-order valence-corrected chi connectivity index (χ0v) is 7.60. The Labute approximate surface area is 72.4 Å². The van der Waals surface area contributed by atoms with Gasteiger partial charge in [-0.05, 0) is 6.42 Å². The molecule has 11 heavy (non-hydrogen) atoms. The molecule has 0 aliphatic carbocycles. The first kappa shape index (κ1) is 8.65. The van der Waals surface area contributed by atoms with E-state index in [0.29, 0.717) is 5.03 Å². The lowest BCUT2D eigenvalue weighted by atomic mass is 10.2. The van der Waals surface area contributed by atoms with Gasteiger partial charge < -0.3 is 4.42 Å². The topological polar surface area (TPSA) is 26.0 Å². The van der Waals surface area contributed by atoms with Crippen molar-refractivity contribution in [2.24, 2.45) is 0 Å². The largest absolute Gasteiger partial charge is 0.448 e. The SMILES string of the molecule is CCCCCc1nc(S)co1. The van der Waals surface area contributed by atoms with E-state index in [4.69, 9.17) is 4.42 Å². The molecular formula is C8H13NOS. The maximum absolute atomic E-state index is 5.12. The molecule has 0 N–H and O–H groups in total. The molecule has 0 fully saturated rings. The normalized spacial score (nSPS) is 10.4. The number of oxazole rings is 1. The molecule has 3 heteroatoms. The van der Waals surface area contributed by atoms with E-state index < -0.39 is 0 Å². The number of hydrogen-bond acceptors (Lipinski definition) is 3. The van der Waals surface area contributed by atoms with Gasteiger partial charge in [-0.2, -0.15) is 0 Å². The third-order valence-electron chi connectivity index (χ3n) is 1.53. The summed E-state index contributed by atoms with van der Waals surface area (Å²) in [6.07, 6.45) is 6.14. The van der Waals surface area contributed by atoms with Crippen LogP contribution in [-0.2, 0) is 6.42 Å². The highest BCUT2D eigenvalue weighted by Crippen LogP contribution is 2.08. The predicted molar refractivity (Wildman–Crippen MR) is 47.0 cm³/mol. The molecule has 1 heterocycles. The van der Waals surface area contributed by atoms with Crippen LogP contribution >= 0.6 is 12.6 Å². The summed E-state index contributed by atoms with van der Waals surface area (Å²) < 4.78 is 5.12. The van der Waals surface area contributed by atoms with Gasteiger partial charge >= 0.3 is 0 Å². The smallest absolute Gasteiger partial charge is 0.195 e. The Bertz CT molecular complexity index is 210. The second-order valence-corrected chi connectivity index (χ2v) is 3.01. The van der Waals surface area contributed by atoms with Crippen LogP contribution in [-0.4, -0.2) is 4.98 Å². The van der Waals surface area contributed by atoms with E-state index >= 15 is 0 Å². The van der Waals surface area contributed by atoms with Crippen LogP contribution in [0.15, 0.2) is 15.7 Å². The van der Waals surface area contributed by atoms with E-state index in [1.807, 2.05) is 0 Å². The average Bonchev–Trinajstić information content (AvgIpc) is 2.37. The van der Waals surface area contributed by atoms with Crippen molar-refractivity contribution in [2.75, 3.05) is 0 Å². The fourth-order valence-electron chi connectivity index (χ4n) is 0.942. The van der Waals surface area contributed by atoms with E-state index in [-0.39, 0.29) is 0 Å². The molecule has 1 aromatic rings. The van der Waals surface area contributed by atoms with Crippen molar-refractivity contribution in [3.63, 3.8) is 0 Å². The zero-order valence-electron chi connectivity index (χ0n) is 6.71. The molecule has 0 aliphatic heterocycles. The van der Waals surface area contributed by atoms with Crippen LogP contribution in [0.2, 0.25) is 0 Å². The molecular weight excluding hydrogens is 158 g/mol. The summed E-state index contributed by atoms with van der Waals surface area (Å²) in [6, 6.07) is 0. The highest BCUT2D eigenvalue weighted by molar-refractivity contribution is 7.80. The fourth-order valence-corrected chi connectivity index (χ4v) is 1.11. The van der Waals surface area contributed by atoms with Gasteiger partial charge in [-0.15, -0.1) is 12.6 Å². The highest BCUT2D eigenvalue weighted by Gasteiger charge is 1.98. The van der Waals surface area contributed by atoms with Crippen LogP contribution in [0.3, 0.4) is 0 Å². The number of aromatic nitrogens is 1. The lowest BCUT2D eigenvalue weighted by Gasteiger charge is -1.92. The first-order chi connectivity index (χ1) is 5.33. The third-order valence-corrected chi connectivity index (χ3v) is 1.74. The molecule has 2 nitrogen and oxygen atoms in total. The lowest BCUT2D eigenvalue weighted by Crippen LogP contribution is -1.84. The first-order valence-electron chi connectivity index (χ1n) is 3.96. The van der Waals surface area contributed by atoms with E-state index in [1.165, 1.54) is 12.8 Å². The summed E-state index contributed by atoms with van der Waals surface area (Å²) >= 11 is 4.05. The van der Waals surface area contributed by atoms with Crippen molar-refractivity contribution in [3.05, 3.63) is 12.2 Å². The van der Waals surface area contributed by atoms with Gasteiger partial charge in [0.25, 0.3) is 0 Å². The summed E-state index contributed by atoms with van der Waals surface area (Å²) in [5, 5.41) is 0.677. The van der Waals surface area contributed by atoms with Gasteiger partial charge in [0.05, 0.1) is 0 Å². The fraction of sp³-hybridized carbons (Fsp3) is 0.625. The molecule has 0 unspecified atom stereocenters. The molecule has 0 atom stereocenters. The van der Waals surface area contributed by atoms with Crippen molar-refractivity contribution >= 4 is 12.6 Å². The Morgan fingerprint density at radius 2 is 2.36 bits per heavy atom. The number of aryl methyl sites for hydroxylation is 1. The Kier molecular flexibility index (Phi) is 3.49. The van der Waals surface area contributed by atoms with Gasteiger partial charge in [0.1, 0.15) is 11.3 Å². The van der Waals surface area contributed by atoms with Crippen molar-refractivity contribution in [2.45, 2.75) is 37.6 Å². The van der Waals surface area contributed by atoms with E-state index in [9.17, 15) is 0 Å². The molecule has 1 rings (SSSR count). The quantitative estimate of drug-likeness (QED) is 0.557. The van der Waals surface area contributed by atoms with E-state index in [1.54, 1.807) is 6.26 Å². The summed E-state index contributed by atoms with van der Waals surface area (Å²) in [7, 11) is 0. The van der Waals surface area contributed by atoms with Gasteiger partial charge in [0, 0.05) is 6.42 Å². The van der Waals surface area contributed by atoms with Gasteiger partial charge in [-0.1, -0.05) is 19.8 Å². The molecule has 0 amide bonds. The van der Waals surface area contributed by atoms with E-state index in [2.05, 4.69) is 24.5 Å². The maximum Gasteiger partial charge on any atom is 0.195 e. The molecule has 0 saturated heterocycles. The summed E-state index contributed by atoms with van der Waals surface area (Å²) in [4.78, 5) is 4.08. The number of rotatable bonds is 4. The van der Waals surface area contributed by atoms with E-state index in [0.717, 1.165) is 18.7 Å². The molecule has 1 aromatic heterocycles. The molecule has 0 aliphatic rings. The van der Waals surface area contributed by atoms with Crippen LogP contribution in [0.4, 0.5) is 0 Å². The van der Waals surface area contributed by atoms with Gasteiger partial charge in [0.15, 0.2) is 5.89 Å². The summed E-state index contributed by atoms with van der Waals surface area (Å²) in [5.41, 5.74) is 0. The monoisotopic (exact) mass is 171 g/mol. The van der Waals surface area contributed by atoms with Crippen molar-refractivity contribution in [1.29, 1.82) is 0 Å². The van der Waals surface area contributed by atoms with Crippen molar-refractivity contribution in [1.82, 2.24) is 4.98 Å².